The molecule has 0 radical (unpaired) electrons. The van der Waals surface area contributed by atoms with Crippen molar-refractivity contribution < 1.29 is 4.74 Å². The fourth-order valence-corrected chi connectivity index (χ4v) is 1.68. The molecule has 0 fully saturated rings. The highest BCUT2D eigenvalue weighted by Crippen LogP contribution is 2.11. The van der Waals surface area contributed by atoms with Crippen LogP contribution in [0.2, 0.25) is 0 Å². The summed E-state index contributed by atoms with van der Waals surface area (Å²) in [6, 6.07) is 8.38. The second-order valence-corrected chi connectivity index (χ2v) is 4.26. The van der Waals surface area contributed by atoms with Crippen LogP contribution in [0.1, 0.15) is 25.3 Å². The van der Waals surface area contributed by atoms with Crippen LogP contribution in [0.15, 0.2) is 28.7 Å². The van der Waals surface area contributed by atoms with E-state index in [1.54, 1.807) is 0 Å². The summed E-state index contributed by atoms with van der Waals surface area (Å²) in [5.74, 6) is 0. The summed E-state index contributed by atoms with van der Waals surface area (Å²) in [5.41, 5.74) is 1.33. The number of rotatable bonds is 6. The molecule has 0 aliphatic rings. The molecule has 1 nitrogen and oxygen atoms in total. The zero-order valence-corrected chi connectivity index (χ0v) is 10.2. The molecule has 1 aromatic carbocycles. The van der Waals surface area contributed by atoms with Crippen LogP contribution in [-0.4, -0.2) is 13.2 Å². The Morgan fingerprint density at radius 2 is 2.14 bits per heavy atom. The van der Waals surface area contributed by atoms with Gasteiger partial charge in [-0.15, -0.1) is 0 Å². The average molecular weight is 257 g/mol. The Balaban J connectivity index is 2.18. The van der Waals surface area contributed by atoms with Gasteiger partial charge in [0.15, 0.2) is 0 Å². The van der Waals surface area contributed by atoms with E-state index in [1.165, 1.54) is 18.4 Å². The summed E-state index contributed by atoms with van der Waals surface area (Å²) >= 11 is 3.46. The van der Waals surface area contributed by atoms with Crippen LogP contribution >= 0.6 is 15.9 Å². The molecule has 1 rings (SSSR count). The molecule has 0 heterocycles. The van der Waals surface area contributed by atoms with Gasteiger partial charge in [0.05, 0.1) is 6.61 Å². The van der Waals surface area contributed by atoms with Crippen molar-refractivity contribution >= 4 is 15.9 Å². The first-order valence-electron chi connectivity index (χ1n) is 5.15. The summed E-state index contributed by atoms with van der Waals surface area (Å²) in [4.78, 5) is 0. The Hall–Kier alpha value is -0.340. The molecule has 0 aliphatic heterocycles. The van der Waals surface area contributed by atoms with E-state index in [-0.39, 0.29) is 0 Å². The third-order valence-corrected chi connectivity index (χ3v) is 2.56. The van der Waals surface area contributed by atoms with Gasteiger partial charge in [0.1, 0.15) is 0 Å². The predicted molar refractivity (Wildman–Crippen MR) is 63.6 cm³/mol. The molecule has 0 N–H and O–H groups in total. The Kier molecular flexibility index (Phi) is 5.88. The first-order valence-corrected chi connectivity index (χ1v) is 5.94. The van der Waals surface area contributed by atoms with Crippen LogP contribution in [0.25, 0.3) is 0 Å². The van der Waals surface area contributed by atoms with E-state index in [4.69, 9.17) is 4.74 Å². The van der Waals surface area contributed by atoms with E-state index >= 15 is 0 Å². The lowest BCUT2D eigenvalue weighted by Gasteiger charge is -2.03. The first-order chi connectivity index (χ1) is 6.83. The Morgan fingerprint density at radius 3 is 2.86 bits per heavy atom. The number of halogens is 1. The number of hydrogen-bond donors (Lipinski definition) is 0. The van der Waals surface area contributed by atoms with Crippen LogP contribution in [0.3, 0.4) is 0 Å². The lowest BCUT2D eigenvalue weighted by atomic mass is 10.2. The van der Waals surface area contributed by atoms with E-state index in [0.29, 0.717) is 0 Å². The van der Waals surface area contributed by atoms with Crippen molar-refractivity contribution in [2.24, 2.45) is 0 Å². The molecule has 0 bridgehead atoms. The van der Waals surface area contributed by atoms with Gasteiger partial charge in [-0.05, 0) is 30.5 Å². The van der Waals surface area contributed by atoms with Gasteiger partial charge in [0.2, 0.25) is 0 Å². The summed E-state index contributed by atoms with van der Waals surface area (Å²) in [5, 5.41) is 0. The van der Waals surface area contributed by atoms with Crippen molar-refractivity contribution in [3.8, 4) is 0 Å². The van der Waals surface area contributed by atoms with E-state index in [1.807, 2.05) is 6.07 Å². The standard InChI is InChI=1S/C12H17BrO/c1-2-3-8-14-9-7-11-5-4-6-12(13)10-11/h4-6,10H,2-3,7-9H2,1H3. The fourth-order valence-electron chi connectivity index (χ4n) is 1.23. The molecular formula is C12H17BrO. The van der Waals surface area contributed by atoms with Crippen molar-refractivity contribution in [3.63, 3.8) is 0 Å². The molecule has 0 saturated heterocycles. The van der Waals surface area contributed by atoms with Gasteiger partial charge in [-0.3, -0.25) is 0 Å². The summed E-state index contributed by atoms with van der Waals surface area (Å²) in [6.45, 7) is 3.90. The topological polar surface area (TPSA) is 9.23 Å². The molecule has 0 saturated carbocycles. The van der Waals surface area contributed by atoms with Crippen molar-refractivity contribution in [1.82, 2.24) is 0 Å². The molecule has 0 atom stereocenters. The number of hydrogen-bond acceptors (Lipinski definition) is 1. The van der Waals surface area contributed by atoms with Gasteiger partial charge in [0, 0.05) is 11.1 Å². The van der Waals surface area contributed by atoms with Gasteiger partial charge in [-0.2, -0.15) is 0 Å². The minimum absolute atomic E-state index is 0.830. The van der Waals surface area contributed by atoms with Gasteiger partial charge in [0.25, 0.3) is 0 Å². The van der Waals surface area contributed by atoms with Gasteiger partial charge in [-0.25, -0.2) is 0 Å². The predicted octanol–water partition coefficient (Wildman–Crippen LogP) is 3.81. The van der Waals surface area contributed by atoms with Gasteiger partial charge < -0.3 is 4.74 Å². The number of unbranched alkanes of at least 4 members (excludes halogenated alkanes) is 1. The molecule has 2 heteroatoms. The first kappa shape index (κ1) is 11.7. The minimum Gasteiger partial charge on any atom is -0.381 e. The van der Waals surface area contributed by atoms with Crippen molar-refractivity contribution in [3.05, 3.63) is 34.3 Å². The lowest BCUT2D eigenvalue weighted by Crippen LogP contribution is -1.99. The van der Waals surface area contributed by atoms with Crippen LogP contribution < -0.4 is 0 Å². The van der Waals surface area contributed by atoms with E-state index in [2.05, 4.69) is 41.1 Å². The molecule has 0 aromatic heterocycles. The molecule has 0 unspecified atom stereocenters. The summed E-state index contributed by atoms with van der Waals surface area (Å²) < 4.78 is 6.64. The van der Waals surface area contributed by atoms with E-state index in [0.717, 1.165) is 24.1 Å². The maximum absolute atomic E-state index is 5.50. The molecule has 0 spiro atoms. The maximum atomic E-state index is 5.50. The van der Waals surface area contributed by atoms with Crippen molar-refractivity contribution in [2.75, 3.05) is 13.2 Å². The lowest BCUT2D eigenvalue weighted by molar-refractivity contribution is 0.134. The molecule has 0 amide bonds. The second-order valence-electron chi connectivity index (χ2n) is 3.35. The van der Waals surface area contributed by atoms with E-state index < -0.39 is 0 Å². The van der Waals surface area contributed by atoms with Crippen molar-refractivity contribution in [1.29, 1.82) is 0 Å². The second kappa shape index (κ2) is 7.02. The Morgan fingerprint density at radius 1 is 1.29 bits per heavy atom. The highest BCUT2D eigenvalue weighted by molar-refractivity contribution is 9.10. The monoisotopic (exact) mass is 256 g/mol. The third kappa shape index (κ3) is 4.77. The van der Waals surface area contributed by atoms with Crippen LogP contribution in [0.4, 0.5) is 0 Å². The van der Waals surface area contributed by atoms with Crippen LogP contribution in [0.5, 0.6) is 0 Å². The average Bonchev–Trinajstić information content (AvgIpc) is 2.18. The minimum atomic E-state index is 0.830. The Bertz CT molecular complexity index is 260. The molecule has 14 heavy (non-hydrogen) atoms. The van der Waals surface area contributed by atoms with Gasteiger partial charge in [-0.1, -0.05) is 41.4 Å². The molecule has 1 aromatic rings. The number of ether oxygens (including phenoxy) is 1. The zero-order chi connectivity index (χ0) is 10.2. The normalized spacial score (nSPS) is 10.4. The quantitative estimate of drug-likeness (QED) is 0.704. The maximum Gasteiger partial charge on any atom is 0.0506 e. The largest absolute Gasteiger partial charge is 0.381 e. The number of benzene rings is 1. The highest BCUT2D eigenvalue weighted by Gasteiger charge is 1.94. The van der Waals surface area contributed by atoms with Crippen molar-refractivity contribution in [2.45, 2.75) is 26.2 Å². The molecule has 0 aliphatic carbocycles. The fraction of sp³-hybridized carbons (Fsp3) is 0.500. The summed E-state index contributed by atoms with van der Waals surface area (Å²) in [7, 11) is 0. The third-order valence-electron chi connectivity index (χ3n) is 2.07. The Labute approximate surface area is 94.6 Å². The zero-order valence-electron chi connectivity index (χ0n) is 8.63. The summed E-state index contributed by atoms with van der Waals surface area (Å²) in [6.07, 6.45) is 3.37. The van der Waals surface area contributed by atoms with E-state index in [9.17, 15) is 0 Å². The van der Waals surface area contributed by atoms with Gasteiger partial charge >= 0.3 is 0 Å². The molecular weight excluding hydrogens is 240 g/mol. The smallest absolute Gasteiger partial charge is 0.0506 e. The molecule has 78 valence electrons. The highest BCUT2D eigenvalue weighted by atomic mass is 79.9. The van der Waals surface area contributed by atoms with Crippen LogP contribution in [-0.2, 0) is 11.2 Å². The van der Waals surface area contributed by atoms with Crippen LogP contribution in [0, 0.1) is 0 Å². The SMILES string of the molecule is CCCCOCCc1cccc(Br)c1.